The summed E-state index contributed by atoms with van der Waals surface area (Å²) in [6, 6.07) is 13.3. The minimum Gasteiger partial charge on any atom is -0.380 e. The van der Waals surface area contributed by atoms with Gasteiger partial charge in [0.2, 0.25) is 0 Å². The molecule has 8 heteroatoms. The number of aromatic amines is 1. The monoisotopic (exact) mass is 391 g/mol. The van der Waals surface area contributed by atoms with Crippen LogP contribution in [0.25, 0.3) is 22.2 Å². The molecule has 2 aliphatic rings. The molecule has 2 heterocycles. The Hall–Kier alpha value is -3.26. The van der Waals surface area contributed by atoms with Crippen LogP contribution in [0.3, 0.4) is 0 Å². The van der Waals surface area contributed by atoms with Crippen molar-refractivity contribution in [3.8, 4) is 11.1 Å². The number of H-pyrrole nitrogens is 1. The molecular weight excluding hydrogens is 370 g/mol. The van der Waals surface area contributed by atoms with E-state index in [1.165, 1.54) is 0 Å². The number of piperazine rings is 1. The van der Waals surface area contributed by atoms with Crippen LogP contribution >= 0.6 is 0 Å². The molecule has 1 saturated carbocycles. The first-order valence-corrected chi connectivity index (χ1v) is 9.76. The Labute approximate surface area is 167 Å². The van der Waals surface area contributed by atoms with E-state index in [1.807, 2.05) is 42.5 Å². The molecule has 29 heavy (non-hydrogen) atoms. The van der Waals surface area contributed by atoms with Gasteiger partial charge in [-0.25, -0.2) is 0 Å². The van der Waals surface area contributed by atoms with Crippen LogP contribution in [0.1, 0.15) is 23.2 Å². The summed E-state index contributed by atoms with van der Waals surface area (Å²) in [5.41, 5.74) is 2.99. The minimum absolute atomic E-state index is 0.0478. The van der Waals surface area contributed by atoms with E-state index in [0.717, 1.165) is 22.2 Å². The van der Waals surface area contributed by atoms with E-state index < -0.39 is 5.60 Å². The normalized spacial score (nSPS) is 18.1. The number of fused-ring (bicyclic) bond motifs is 1. The van der Waals surface area contributed by atoms with Gasteiger partial charge in [-0.2, -0.15) is 15.4 Å². The molecule has 0 atom stereocenters. The van der Waals surface area contributed by atoms with Crippen molar-refractivity contribution >= 4 is 22.8 Å². The highest BCUT2D eigenvalue weighted by Crippen LogP contribution is 2.37. The van der Waals surface area contributed by atoms with Crippen molar-refractivity contribution in [2.75, 3.05) is 26.2 Å². The van der Waals surface area contributed by atoms with E-state index in [9.17, 15) is 14.7 Å². The maximum absolute atomic E-state index is 12.9. The van der Waals surface area contributed by atoms with E-state index >= 15 is 0 Å². The molecule has 0 spiro atoms. The van der Waals surface area contributed by atoms with Crippen molar-refractivity contribution in [3.05, 3.63) is 48.0 Å². The number of nitrogens with one attached hydrogen (secondary N) is 1. The molecule has 5 rings (SSSR count). The van der Waals surface area contributed by atoms with Gasteiger partial charge in [0.15, 0.2) is 0 Å². The van der Waals surface area contributed by atoms with Crippen molar-refractivity contribution < 1.29 is 14.7 Å². The zero-order chi connectivity index (χ0) is 20.0. The van der Waals surface area contributed by atoms with E-state index in [4.69, 9.17) is 0 Å². The fraction of sp³-hybridized carbons (Fsp3) is 0.333. The molecule has 2 aromatic carbocycles. The predicted octanol–water partition coefficient (Wildman–Crippen LogP) is 1.43. The molecule has 3 aromatic rings. The maximum atomic E-state index is 12.9. The molecule has 1 aliphatic heterocycles. The van der Waals surface area contributed by atoms with Crippen LogP contribution in [0, 0.1) is 0 Å². The topological polar surface area (TPSA) is 102 Å². The number of benzene rings is 2. The summed E-state index contributed by atoms with van der Waals surface area (Å²) in [4.78, 5) is 28.5. The van der Waals surface area contributed by atoms with E-state index in [-0.39, 0.29) is 11.8 Å². The highest BCUT2D eigenvalue weighted by atomic mass is 16.3. The summed E-state index contributed by atoms with van der Waals surface area (Å²) in [5, 5.41) is 20.9. The summed E-state index contributed by atoms with van der Waals surface area (Å²) < 4.78 is 0. The maximum Gasteiger partial charge on any atom is 0.254 e. The smallest absolute Gasteiger partial charge is 0.254 e. The number of carbonyl (C=O) groups excluding carboxylic acids is 2. The van der Waals surface area contributed by atoms with Gasteiger partial charge < -0.3 is 14.9 Å². The minimum atomic E-state index is -1.14. The van der Waals surface area contributed by atoms with Gasteiger partial charge in [0.05, 0.1) is 0 Å². The molecule has 1 aromatic heterocycles. The number of rotatable bonds is 3. The number of aromatic nitrogens is 3. The summed E-state index contributed by atoms with van der Waals surface area (Å²) in [6.45, 7) is 1.86. The van der Waals surface area contributed by atoms with Crippen LogP contribution in [-0.2, 0) is 4.79 Å². The lowest BCUT2D eigenvalue weighted by Crippen LogP contribution is -2.53. The molecule has 2 N–H and O–H groups in total. The summed E-state index contributed by atoms with van der Waals surface area (Å²) in [5.74, 6) is -0.246. The second-order valence-corrected chi connectivity index (χ2v) is 7.69. The number of amides is 2. The zero-order valence-corrected chi connectivity index (χ0v) is 15.8. The average molecular weight is 391 g/mol. The Morgan fingerprint density at radius 3 is 2.31 bits per heavy atom. The van der Waals surface area contributed by atoms with Gasteiger partial charge in [-0.05, 0) is 36.6 Å². The van der Waals surface area contributed by atoms with E-state index in [2.05, 4.69) is 15.4 Å². The molecule has 2 fully saturated rings. The largest absolute Gasteiger partial charge is 0.380 e. The van der Waals surface area contributed by atoms with Crippen molar-refractivity contribution in [2.45, 2.75) is 18.4 Å². The van der Waals surface area contributed by atoms with Crippen molar-refractivity contribution in [2.24, 2.45) is 0 Å². The summed E-state index contributed by atoms with van der Waals surface area (Å²) in [6.07, 6.45) is 1.08. The molecule has 2 amide bonds. The molecule has 8 nitrogen and oxygen atoms in total. The molecule has 1 aliphatic carbocycles. The van der Waals surface area contributed by atoms with Crippen LogP contribution in [0.2, 0.25) is 0 Å². The van der Waals surface area contributed by atoms with Crippen LogP contribution in [0.5, 0.6) is 0 Å². The third-order valence-electron chi connectivity index (χ3n) is 5.77. The lowest BCUT2D eigenvalue weighted by Gasteiger charge is -2.35. The van der Waals surface area contributed by atoms with Crippen LogP contribution < -0.4 is 0 Å². The number of aliphatic hydroxyl groups is 1. The average Bonchev–Trinajstić information content (AvgIpc) is 3.33. The Morgan fingerprint density at radius 2 is 1.62 bits per heavy atom. The van der Waals surface area contributed by atoms with Gasteiger partial charge in [0.1, 0.15) is 16.6 Å². The molecule has 148 valence electrons. The van der Waals surface area contributed by atoms with Gasteiger partial charge in [-0.1, -0.05) is 24.3 Å². The third kappa shape index (κ3) is 3.15. The quantitative estimate of drug-likeness (QED) is 0.703. The highest BCUT2D eigenvalue weighted by Gasteiger charge is 2.50. The Bertz CT molecular complexity index is 1080. The van der Waals surface area contributed by atoms with Gasteiger partial charge in [-0.15, -0.1) is 0 Å². The Balaban J connectivity index is 1.28. The molecule has 0 radical (unpaired) electrons. The van der Waals surface area contributed by atoms with Crippen molar-refractivity contribution in [1.82, 2.24) is 25.2 Å². The first-order chi connectivity index (χ1) is 14.0. The predicted molar refractivity (Wildman–Crippen MR) is 106 cm³/mol. The third-order valence-corrected chi connectivity index (χ3v) is 5.77. The zero-order valence-electron chi connectivity index (χ0n) is 15.8. The van der Waals surface area contributed by atoms with Crippen molar-refractivity contribution in [3.63, 3.8) is 0 Å². The highest BCUT2D eigenvalue weighted by molar-refractivity contribution is 5.96. The van der Waals surface area contributed by atoms with Gasteiger partial charge in [0.25, 0.3) is 11.8 Å². The summed E-state index contributed by atoms with van der Waals surface area (Å²) >= 11 is 0. The number of carbonyl (C=O) groups is 2. The van der Waals surface area contributed by atoms with E-state index in [0.29, 0.717) is 44.6 Å². The van der Waals surface area contributed by atoms with Gasteiger partial charge >= 0.3 is 0 Å². The van der Waals surface area contributed by atoms with Gasteiger partial charge in [-0.3, -0.25) is 9.59 Å². The SMILES string of the molecule is O=C(c1ccc(-c2cccc3n[nH]nc23)cc1)N1CCN(C(=O)C2(O)CC2)CC1. The number of para-hydroxylation sites is 1. The number of hydrogen-bond acceptors (Lipinski definition) is 5. The molecule has 0 unspecified atom stereocenters. The summed E-state index contributed by atoms with van der Waals surface area (Å²) in [7, 11) is 0. The lowest BCUT2D eigenvalue weighted by molar-refractivity contribution is -0.143. The van der Waals surface area contributed by atoms with Gasteiger partial charge in [0, 0.05) is 37.3 Å². The second kappa shape index (κ2) is 6.66. The lowest BCUT2D eigenvalue weighted by atomic mass is 10.0. The first-order valence-electron chi connectivity index (χ1n) is 9.76. The first kappa shape index (κ1) is 17.8. The number of nitrogens with zero attached hydrogens (tertiary/aromatic N) is 4. The fourth-order valence-electron chi connectivity index (χ4n) is 3.82. The second-order valence-electron chi connectivity index (χ2n) is 7.69. The number of hydrogen-bond donors (Lipinski definition) is 2. The standard InChI is InChI=1S/C21H21N5O3/c27-19(25-10-12-26(13-11-25)20(28)21(29)8-9-21)15-6-4-14(5-7-15)16-2-1-3-17-18(16)23-24-22-17/h1-7,29H,8-13H2,(H,22,23,24). The van der Waals surface area contributed by atoms with Crippen LogP contribution in [0.15, 0.2) is 42.5 Å². The van der Waals surface area contributed by atoms with E-state index in [1.54, 1.807) is 9.80 Å². The van der Waals surface area contributed by atoms with Crippen LogP contribution in [-0.4, -0.2) is 73.9 Å². The van der Waals surface area contributed by atoms with Crippen LogP contribution in [0.4, 0.5) is 0 Å². The Morgan fingerprint density at radius 1 is 0.931 bits per heavy atom. The molecule has 0 bridgehead atoms. The Kier molecular flexibility index (Phi) is 4.09. The molecule has 1 saturated heterocycles. The fourth-order valence-corrected chi connectivity index (χ4v) is 3.82. The molecular formula is C21H21N5O3. The van der Waals surface area contributed by atoms with Crippen molar-refractivity contribution in [1.29, 1.82) is 0 Å².